The largest absolute Gasteiger partial charge is 0.507 e. The first kappa shape index (κ1) is 18.1. The molecule has 0 radical (unpaired) electrons. The number of aromatic carboxylic acids is 1. The highest BCUT2D eigenvalue weighted by Gasteiger charge is 2.33. The van der Waals surface area contributed by atoms with Gasteiger partial charge in [0, 0.05) is 11.5 Å². The number of carboxylic acid groups (broad SMARTS) is 1. The minimum atomic E-state index is -1.18. The Morgan fingerprint density at radius 1 is 1.33 bits per heavy atom. The van der Waals surface area contributed by atoms with Crippen molar-refractivity contribution in [3.63, 3.8) is 0 Å². The van der Waals surface area contributed by atoms with Gasteiger partial charge in [0.25, 0.3) is 0 Å². The first-order valence-electron chi connectivity index (χ1n) is 8.29. The second-order valence-corrected chi connectivity index (χ2v) is 7.11. The fraction of sp³-hybridized carbons (Fsp3) is 0.450. The Morgan fingerprint density at radius 2 is 1.96 bits per heavy atom. The van der Waals surface area contributed by atoms with Crippen LogP contribution in [0.1, 0.15) is 73.9 Å². The molecule has 2 rings (SSSR count). The SMILES string of the molecule is C=C(C)[C@@H]1CCC(C)=C[C@H]1c1c(O)cc(C(C)C)c(C(=O)O)c1O. The molecule has 1 aromatic rings. The molecule has 0 spiro atoms. The quantitative estimate of drug-likeness (QED) is 0.684. The van der Waals surface area contributed by atoms with Gasteiger partial charge >= 0.3 is 5.97 Å². The molecule has 4 nitrogen and oxygen atoms in total. The van der Waals surface area contributed by atoms with Crippen molar-refractivity contribution in [2.75, 3.05) is 0 Å². The highest BCUT2D eigenvalue weighted by atomic mass is 16.4. The molecule has 0 saturated heterocycles. The zero-order chi connectivity index (χ0) is 18.2. The van der Waals surface area contributed by atoms with Gasteiger partial charge in [-0.3, -0.25) is 0 Å². The van der Waals surface area contributed by atoms with E-state index in [1.54, 1.807) is 0 Å². The average Bonchev–Trinajstić information content (AvgIpc) is 2.45. The number of aromatic hydroxyl groups is 2. The van der Waals surface area contributed by atoms with Gasteiger partial charge in [-0.2, -0.15) is 0 Å². The molecule has 3 N–H and O–H groups in total. The first-order valence-corrected chi connectivity index (χ1v) is 8.29. The molecule has 24 heavy (non-hydrogen) atoms. The predicted octanol–water partition coefficient (Wildman–Crippen LogP) is 4.94. The van der Waals surface area contributed by atoms with Crippen molar-refractivity contribution in [2.24, 2.45) is 5.92 Å². The third-order valence-corrected chi connectivity index (χ3v) is 4.90. The van der Waals surface area contributed by atoms with Crippen LogP contribution in [0, 0.1) is 5.92 Å². The van der Waals surface area contributed by atoms with E-state index in [4.69, 9.17) is 0 Å². The van der Waals surface area contributed by atoms with E-state index in [1.165, 1.54) is 11.6 Å². The molecule has 0 heterocycles. The van der Waals surface area contributed by atoms with E-state index in [0.29, 0.717) is 11.1 Å². The molecule has 1 aromatic carbocycles. The summed E-state index contributed by atoms with van der Waals surface area (Å²) in [6, 6.07) is 1.48. The summed E-state index contributed by atoms with van der Waals surface area (Å²) in [5, 5.41) is 30.8. The number of phenols is 2. The lowest BCUT2D eigenvalue weighted by atomic mass is 9.73. The van der Waals surface area contributed by atoms with Gasteiger partial charge in [0.15, 0.2) is 0 Å². The summed E-state index contributed by atoms with van der Waals surface area (Å²) >= 11 is 0. The lowest BCUT2D eigenvalue weighted by Gasteiger charge is -2.32. The second kappa shape index (κ2) is 6.71. The van der Waals surface area contributed by atoms with Crippen molar-refractivity contribution in [3.8, 4) is 11.5 Å². The molecule has 0 bridgehead atoms. The molecule has 0 aliphatic heterocycles. The van der Waals surface area contributed by atoms with Gasteiger partial charge in [-0.05, 0) is 50.2 Å². The van der Waals surface area contributed by atoms with Crippen LogP contribution >= 0.6 is 0 Å². The maximum Gasteiger partial charge on any atom is 0.339 e. The molecular formula is C20H26O4. The van der Waals surface area contributed by atoms with Crippen LogP contribution in [0.25, 0.3) is 0 Å². The van der Waals surface area contributed by atoms with E-state index in [1.807, 2.05) is 33.8 Å². The van der Waals surface area contributed by atoms with Crippen molar-refractivity contribution in [1.29, 1.82) is 0 Å². The van der Waals surface area contributed by atoms with E-state index >= 15 is 0 Å². The number of hydrogen-bond donors (Lipinski definition) is 3. The maximum absolute atomic E-state index is 11.7. The van der Waals surface area contributed by atoms with E-state index in [-0.39, 0.29) is 34.8 Å². The Bertz CT molecular complexity index is 713. The molecule has 0 amide bonds. The van der Waals surface area contributed by atoms with Gasteiger partial charge in [0.2, 0.25) is 0 Å². The molecule has 4 heteroatoms. The van der Waals surface area contributed by atoms with Gasteiger partial charge in [-0.25, -0.2) is 4.79 Å². The molecule has 0 unspecified atom stereocenters. The Balaban J connectivity index is 2.73. The van der Waals surface area contributed by atoms with E-state index < -0.39 is 5.97 Å². The maximum atomic E-state index is 11.7. The predicted molar refractivity (Wildman–Crippen MR) is 94.9 cm³/mol. The molecule has 1 aliphatic rings. The lowest BCUT2D eigenvalue weighted by Crippen LogP contribution is -2.18. The van der Waals surface area contributed by atoms with Crippen molar-refractivity contribution in [1.82, 2.24) is 0 Å². The topological polar surface area (TPSA) is 77.8 Å². The smallest absolute Gasteiger partial charge is 0.339 e. The van der Waals surface area contributed by atoms with Crippen molar-refractivity contribution < 1.29 is 20.1 Å². The van der Waals surface area contributed by atoms with Gasteiger partial charge in [-0.1, -0.05) is 37.6 Å². The second-order valence-electron chi connectivity index (χ2n) is 7.11. The third-order valence-electron chi connectivity index (χ3n) is 4.90. The lowest BCUT2D eigenvalue weighted by molar-refractivity contribution is 0.0691. The monoisotopic (exact) mass is 330 g/mol. The molecule has 0 aromatic heterocycles. The summed E-state index contributed by atoms with van der Waals surface area (Å²) < 4.78 is 0. The number of carboxylic acids is 1. The van der Waals surface area contributed by atoms with Crippen molar-refractivity contribution >= 4 is 5.97 Å². The van der Waals surface area contributed by atoms with Crippen molar-refractivity contribution in [3.05, 3.63) is 46.6 Å². The van der Waals surface area contributed by atoms with Gasteiger partial charge in [0.1, 0.15) is 17.1 Å². The number of rotatable bonds is 4. The highest BCUT2D eigenvalue weighted by Crippen LogP contribution is 2.48. The zero-order valence-electron chi connectivity index (χ0n) is 14.8. The normalized spacial score (nSPS) is 20.8. The highest BCUT2D eigenvalue weighted by molar-refractivity contribution is 5.94. The molecule has 0 saturated carbocycles. The standard InChI is InChI=1S/C20H26O4/c1-10(2)13-7-6-12(5)8-15(13)17-16(21)9-14(11(3)4)18(19(17)22)20(23)24/h8-9,11,13,15,21-22H,1,6-7H2,2-5H3,(H,23,24)/t13-,15+/m0/s1. The summed E-state index contributed by atoms with van der Waals surface area (Å²) in [5.41, 5.74) is 2.75. The van der Waals surface area contributed by atoms with Crippen LogP contribution in [-0.4, -0.2) is 21.3 Å². The average molecular weight is 330 g/mol. The van der Waals surface area contributed by atoms with Crippen LogP contribution in [0.15, 0.2) is 29.9 Å². The van der Waals surface area contributed by atoms with Gasteiger partial charge < -0.3 is 15.3 Å². The van der Waals surface area contributed by atoms with E-state index in [2.05, 4.69) is 6.58 Å². The van der Waals surface area contributed by atoms with Gasteiger partial charge in [0.05, 0.1) is 0 Å². The van der Waals surface area contributed by atoms with Crippen LogP contribution < -0.4 is 0 Å². The van der Waals surface area contributed by atoms with Crippen LogP contribution in [-0.2, 0) is 0 Å². The Morgan fingerprint density at radius 3 is 2.46 bits per heavy atom. The fourth-order valence-corrected chi connectivity index (χ4v) is 3.60. The van der Waals surface area contributed by atoms with Crippen LogP contribution in [0.2, 0.25) is 0 Å². The number of carbonyl (C=O) groups is 1. The first-order chi connectivity index (χ1) is 11.1. The minimum Gasteiger partial charge on any atom is -0.507 e. The Labute approximate surface area is 143 Å². The minimum absolute atomic E-state index is 0.0524. The summed E-state index contributed by atoms with van der Waals surface area (Å²) in [6.07, 6.45) is 3.82. The molecular weight excluding hydrogens is 304 g/mol. The molecule has 0 fully saturated rings. The number of phenolic OH excluding ortho intramolecular Hbond substituents is 1. The van der Waals surface area contributed by atoms with Crippen LogP contribution in [0.5, 0.6) is 11.5 Å². The summed E-state index contributed by atoms with van der Waals surface area (Å²) in [4.78, 5) is 11.7. The van der Waals surface area contributed by atoms with Crippen LogP contribution in [0.4, 0.5) is 0 Å². The summed E-state index contributed by atoms with van der Waals surface area (Å²) in [6.45, 7) is 11.6. The van der Waals surface area contributed by atoms with Crippen molar-refractivity contribution in [2.45, 2.75) is 52.4 Å². The summed E-state index contributed by atoms with van der Waals surface area (Å²) in [5.74, 6) is -1.88. The zero-order valence-corrected chi connectivity index (χ0v) is 14.8. The number of benzene rings is 1. The molecule has 130 valence electrons. The van der Waals surface area contributed by atoms with E-state index in [9.17, 15) is 20.1 Å². The Hall–Kier alpha value is -2.23. The Kier molecular flexibility index (Phi) is 5.07. The fourth-order valence-electron chi connectivity index (χ4n) is 3.60. The van der Waals surface area contributed by atoms with Crippen LogP contribution in [0.3, 0.4) is 0 Å². The van der Waals surface area contributed by atoms with E-state index in [0.717, 1.165) is 18.4 Å². The number of allylic oxidation sites excluding steroid dienone is 3. The number of hydrogen-bond acceptors (Lipinski definition) is 3. The molecule has 2 atom stereocenters. The third kappa shape index (κ3) is 3.18. The molecule has 1 aliphatic carbocycles. The summed E-state index contributed by atoms with van der Waals surface area (Å²) in [7, 11) is 0. The van der Waals surface area contributed by atoms with Gasteiger partial charge in [-0.15, -0.1) is 0 Å².